The maximum absolute atomic E-state index is 13.3. The average molecular weight is 400 g/mol. The number of aromatic nitrogens is 3. The van der Waals surface area contributed by atoms with Crippen LogP contribution in [0, 0.1) is 5.82 Å². The van der Waals surface area contributed by atoms with Crippen LogP contribution in [0.1, 0.15) is 16.8 Å². The number of fused-ring (bicyclic) bond motifs is 1. The van der Waals surface area contributed by atoms with E-state index in [4.69, 9.17) is 11.6 Å². The van der Waals surface area contributed by atoms with Gasteiger partial charge >= 0.3 is 0 Å². The number of thiazole rings is 1. The summed E-state index contributed by atoms with van der Waals surface area (Å²) in [4.78, 5) is 29.1. The maximum atomic E-state index is 13.3. The zero-order valence-electron chi connectivity index (χ0n) is 13.7. The second kappa shape index (κ2) is 7.02. The van der Waals surface area contributed by atoms with E-state index >= 15 is 0 Å². The molecule has 0 saturated heterocycles. The largest absolute Gasteiger partial charge is 0.296 e. The van der Waals surface area contributed by atoms with Gasteiger partial charge in [-0.3, -0.25) is 9.59 Å². The van der Waals surface area contributed by atoms with Crippen molar-refractivity contribution in [2.24, 2.45) is 0 Å². The van der Waals surface area contributed by atoms with Gasteiger partial charge in [-0.1, -0.05) is 53.3 Å². The molecule has 2 aromatic heterocycles. The van der Waals surface area contributed by atoms with Crippen molar-refractivity contribution < 1.29 is 4.39 Å². The molecule has 0 amide bonds. The van der Waals surface area contributed by atoms with Gasteiger partial charge in [-0.25, -0.2) is 4.39 Å². The summed E-state index contributed by atoms with van der Waals surface area (Å²) in [6, 6.07) is 13.0. The highest BCUT2D eigenvalue weighted by Gasteiger charge is 2.12. The number of halogens is 2. The molecular weight excluding hydrogens is 389 g/mol. The SMILES string of the molecule is O=c1nc2s/c(=C\c3cccc(F)c3)c(=O)n2nc1Cc1ccccc1Cl. The minimum atomic E-state index is -0.506. The van der Waals surface area contributed by atoms with Gasteiger partial charge in [-0.05, 0) is 35.4 Å². The molecule has 4 rings (SSSR count). The van der Waals surface area contributed by atoms with Crippen molar-refractivity contribution in [2.45, 2.75) is 6.42 Å². The molecular formula is C19H11ClFN3O2S. The van der Waals surface area contributed by atoms with Gasteiger partial charge in [0.05, 0.1) is 4.53 Å². The summed E-state index contributed by atoms with van der Waals surface area (Å²) in [7, 11) is 0. The highest BCUT2D eigenvalue weighted by molar-refractivity contribution is 7.15. The van der Waals surface area contributed by atoms with Gasteiger partial charge in [0.15, 0.2) is 0 Å². The number of hydrogen-bond donors (Lipinski definition) is 0. The van der Waals surface area contributed by atoms with Crippen LogP contribution in [0.5, 0.6) is 0 Å². The standard InChI is InChI=1S/C19H11ClFN3O2S/c20-14-7-2-1-5-12(14)10-15-17(25)22-19-24(23-15)18(26)16(27-19)9-11-4-3-6-13(21)8-11/h1-9H,10H2/b16-9-. The maximum Gasteiger partial charge on any atom is 0.296 e. The van der Waals surface area contributed by atoms with Crippen molar-refractivity contribution in [3.05, 3.63) is 101 Å². The molecule has 0 radical (unpaired) electrons. The third-order valence-corrected chi connectivity index (χ3v) is 5.24. The predicted molar refractivity (Wildman–Crippen MR) is 103 cm³/mol. The molecule has 0 N–H and O–H groups in total. The zero-order chi connectivity index (χ0) is 19.0. The molecule has 0 fully saturated rings. The molecule has 8 heteroatoms. The van der Waals surface area contributed by atoms with E-state index in [1.54, 1.807) is 42.5 Å². The van der Waals surface area contributed by atoms with Crippen LogP contribution in [-0.2, 0) is 6.42 Å². The van der Waals surface area contributed by atoms with Gasteiger partial charge in [-0.2, -0.15) is 14.6 Å². The van der Waals surface area contributed by atoms with Crippen molar-refractivity contribution >= 4 is 34.0 Å². The first-order chi connectivity index (χ1) is 13.0. The summed E-state index contributed by atoms with van der Waals surface area (Å²) in [5, 5.41) is 4.69. The molecule has 134 valence electrons. The minimum absolute atomic E-state index is 0.132. The van der Waals surface area contributed by atoms with E-state index in [1.807, 2.05) is 0 Å². The Bertz CT molecular complexity index is 1330. The average Bonchev–Trinajstić information content (AvgIpc) is 2.92. The number of hydrogen-bond acceptors (Lipinski definition) is 5. The fraction of sp³-hybridized carbons (Fsp3) is 0.0526. The monoisotopic (exact) mass is 399 g/mol. The lowest BCUT2D eigenvalue weighted by molar-refractivity contribution is 0.627. The molecule has 4 aromatic rings. The van der Waals surface area contributed by atoms with Gasteiger partial charge in [0.25, 0.3) is 11.1 Å². The van der Waals surface area contributed by atoms with E-state index in [2.05, 4.69) is 10.1 Å². The third kappa shape index (κ3) is 3.51. The zero-order valence-corrected chi connectivity index (χ0v) is 15.3. The number of rotatable bonds is 3. The number of benzene rings is 2. The van der Waals surface area contributed by atoms with Gasteiger partial charge in [0, 0.05) is 11.4 Å². The second-order valence-corrected chi connectivity index (χ2v) is 7.21. The van der Waals surface area contributed by atoms with Crippen LogP contribution in [0.15, 0.2) is 58.1 Å². The second-order valence-electron chi connectivity index (χ2n) is 5.80. The van der Waals surface area contributed by atoms with Crippen molar-refractivity contribution in [1.29, 1.82) is 0 Å². The van der Waals surface area contributed by atoms with Crippen LogP contribution in [0.25, 0.3) is 11.0 Å². The first-order valence-electron chi connectivity index (χ1n) is 7.95. The summed E-state index contributed by atoms with van der Waals surface area (Å²) in [6.07, 6.45) is 1.72. The number of nitrogens with zero attached hydrogens (tertiary/aromatic N) is 3. The van der Waals surface area contributed by atoms with E-state index in [1.165, 1.54) is 12.1 Å². The topological polar surface area (TPSA) is 64.3 Å². The highest BCUT2D eigenvalue weighted by Crippen LogP contribution is 2.16. The van der Waals surface area contributed by atoms with Gasteiger partial charge in [0.2, 0.25) is 4.96 Å². The lowest BCUT2D eigenvalue weighted by Gasteiger charge is -2.02. The Labute approximate surface area is 161 Å². The molecule has 0 spiro atoms. The summed E-state index contributed by atoms with van der Waals surface area (Å²) in [5.74, 6) is -0.398. The summed E-state index contributed by atoms with van der Waals surface area (Å²) in [5.41, 5.74) is 0.478. The van der Waals surface area contributed by atoms with Gasteiger partial charge in [-0.15, -0.1) is 0 Å². The minimum Gasteiger partial charge on any atom is -0.266 e. The Kier molecular flexibility index (Phi) is 4.55. The molecule has 0 atom stereocenters. The van der Waals surface area contributed by atoms with Crippen molar-refractivity contribution in [2.75, 3.05) is 0 Å². The van der Waals surface area contributed by atoms with Crippen LogP contribution < -0.4 is 15.7 Å². The Morgan fingerprint density at radius 1 is 1.15 bits per heavy atom. The van der Waals surface area contributed by atoms with Crippen LogP contribution in [0.4, 0.5) is 4.39 Å². The van der Waals surface area contributed by atoms with Crippen LogP contribution in [0.3, 0.4) is 0 Å². The highest BCUT2D eigenvalue weighted by atomic mass is 35.5. The fourth-order valence-corrected chi connectivity index (χ4v) is 3.73. The van der Waals surface area contributed by atoms with Crippen molar-refractivity contribution in [1.82, 2.24) is 14.6 Å². The summed E-state index contributed by atoms with van der Waals surface area (Å²) < 4.78 is 14.8. The molecule has 0 unspecified atom stereocenters. The molecule has 27 heavy (non-hydrogen) atoms. The molecule has 5 nitrogen and oxygen atoms in total. The van der Waals surface area contributed by atoms with E-state index in [-0.39, 0.29) is 17.1 Å². The summed E-state index contributed by atoms with van der Waals surface area (Å²) >= 11 is 7.16. The van der Waals surface area contributed by atoms with E-state index in [9.17, 15) is 14.0 Å². The van der Waals surface area contributed by atoms with Crippen LogP contribution >= 0.6 is 22.9 Å². The molecule has 2 heterocycles. The Morgan fingerprint density at radius 3 is 2.74 bits per heavy atom. The molecule has 0 aliphatic heterocycles. The summed E-state index contributed by atoms with van der Waals surface area (Å²) in [6.45, 7) is 0. The van der Waals surface area contributed by atoms with Crippen molar-refractivity contribution in [3.63, 3.8) is 0 Å². The van der Waals surface area contributed by atoms with Crippen LogP contribution in [-0.4, -0.2) is 14.6 Å². The first kappa shape index (κ1) is 17.5. The van der Waals surface area contributed by atoms with Crippen LogP contribution in [0.2, 0.25) is 5.02 Å². The fourth-order valence-electron chi connectivity index (χ4n) is 2.62. The van der Waals surface area contributed by atoms with Crippen molar-refractivity contribution in [3.8, 4) is 0 Å². The Balaban J connectivity index is 1.83. The molecule has 0 bridgehead atoms. The molecule has 2 aromatic carbocycles. The lowest BCUT2D eigenvalue weighted by atomic mass is 10.1. The quantitative estimate of drug-likeness (QED) is 0.531. The van der Waals surface area contributed by atoms with Gasteiger partial charge < -0.3 is 0 Å². The van der Waals surface area contributed by atoms with E-state index < -0.39 is 16.9 Å². The molecule has 0 aliphatic rings. The Hall–Kier alpha value is -2.90. The van der Waals surface area contributed by atoms with Gasteiger partial charge in [0.1, 0.15) is 11.5 Å². The van der Waals surface area contributed by atoms with E-state index in [0.717, 1.165) is 21.4 Å². The lowest BCUT2D eigenvalue weighted by Crippen LogP contribution is -2.28. The molecule has 0 saturated carbocycles. The van der Waals surface area contributed by atoms with E-state index in [0.29, 0.717) is 15.1 Å². The Morgan fingerprint density at radius 2 is 1.96 bits per heavy atom. The smallest absolute Gasteiger partial charge is 0.266 e. The normalized spacial score (nSPS) is 12.0. The predicted octanol–water partition coefficient (Wildman–Crippen LogP) is 2.44. The first-order valence-corrected chi connectivity index (χ1v) is 9.14. The molecule has 0 aliphatic carbocycles. The third-order valence-electron chi connectivity index (χ3n) is 3.91.